The zero-order valence-electron chi connectivity index (χ0n) is 9.19. The van der Waals surface area contributed by atoms with Crippen LogP contribution in [-0.2, 0) is 0 Å². The molecule has 0 unspecified atom stereocenters. The highest BCUT2D eigenvalue weighted by Crippen LogP contribution is 2.27. The molecule has 1 aliphatic heterocycles. The van der Waals surface area contributed by atoms with Crippen molar-refractivity contribution in [3.05, 3.63) is 40.2 Å². The van der Waals surface area contributed by atoms with Crippen LogP contribution in [0.3, 0.4) is 0 Å². The Morgan fingerprint density at radius 3 is 2.88 bits per heavy atom. The van der Waals surface area contributed by atoms with Crippen LogP contribution < -0.4 is 11.1 Å². The van der Waals surface area contributed by atoms with Crippen molar-refractivity contribution in [3.8, 4) is 0 Å². The van der Waals surface area contributed by atoms with Crippen molar-refractivity contribution in [2.75, 3.05) is 18.8 Å². The quantitative estimate of drug-likeness (QED) is 0.560. The van der Waals surface area contributed by atoms with E-state index in [2.05, 4.69) is 5.32 Å². The molecule has 0 spiro atoms. The van der Waals surface area contributed by atoms with Gasteiger partial charge in [0, 0.05) is 12.1 Å². The van der Waals surface area contributed by atoms with Gasteiger partial charge in [-0.3, -0.25) is 5.41 Å². The van der Waals surface area contributed by atoms with Gasteiger partial charge in [0.05, 0.1) is 16.4 Å². The standard InChI is InChI=1S/C12H13ClFN3/c13-10-9(14)4-3-8(12(10)16)11(15)7-2-1-5-17-6-7/h2-4,15,17H,1,5-6,16H2. The van der Waals surface area contributed by atoms with Crippen LogP contribution in [0.25, 0.3) is 0 Å². The lowest BCUT2D eigenvalue weighted by Gasteiger charge is -2.16. The van der Waals surface area contributed by atoms with Crippen molar-refractivity contribution >= 4 is 23.0 Å². The smallest absolute Gasteiger partial charge is 0.143 e. The summed E-state index contributed by atoms with van der Waals surface area (Å²) in [5.41, 5.74) is 7.51. The summed E-state index contributed by atoms with van der Waals surface area (Å²) in [6.07, 6.45) is 2.88. The van der Waals surface area contributed by atoms with E-state index in [0.29, 0.717) is 17.8 Å². The van der Waals surface area contributed by atoms with Crippen molar-refractivity contribution in [1.29, 1.82) is 5.41 Å². The van der Waals surface area contributed by atoms with E-state index in [1.54, 1.807) is 0 Å². The molecular formula is C12H13ClFN3. The lowest BCUT2D eigenvalue weighted by atomic mass is 9.98. The Bertz CT molecular complexity index is 497. The molecule has 0 fully saturated rings. The highest BCUT2D eigenvalue weighted by molar-refractivity contribution is 6.34. The van der Waals surface area contributed by atoms with Gasteiger partial charge in [0.2, 0.25) is 0 Å². The van der Waals surface area contributed by atoms with Gasteiger partial charge in [-0.1, -0.05) is 17.7 Å². The summed E-state index contributed by atoms with van der Waals surface area (Å²) in [5, 5.41) is 11.1. The Morgan fingerprint density at radius 2 is 2.24 bits per heavy atom. The maximum Gasteiger partial charge on any atom is 0.143 e. The van der Waals surface area contributed by atoms with Gasteiger partial charge < -0.3 is 11.1 Å². The van der Waals surface area contributed by atoms with E-state index >= 15 is 0 Å². The van der Waals surface area contributed by atoms with Crippen molar-refractivity contribution in [2.24, 2.45) is 0 Å². The molecule has 17 heavy (non-hydrogen) atoms. The number of hydrogen-bond acceptors (Lipinski definition) is 3. The maximum absolute atomic E-state index is 13.2. The van der Waals surface area contributed by atoms with Gasteiger partial charge in [-0.05, 0) is 30.7 Å². The minimum Gasteiger partial charge on any atom is -0.397 e. The minimum absolute atomic E-state index is 0.114. The predicted octanol–water partition coefficient (Wildman–Crippen LogP) is 2.35. The third kappa shape index (κ3) is 2.33. The summed E-state index contributed by atoms with van der Waals surface area (Å²) in [4.78, 5) is 0. The monoisotopic (exact) mass is 253 g/mol. The maximum atomic E-state index is 13.2. The third-order valence-electron chi connectivity index (χ3n) is 2.75. The molecular weight excluding hydrogens is 241 g/mol. The number of rotatable bonds is 2. The number of nitrogen functional groups attached to an aromatic ring is 1. The minimum atomic E-state index is -0.559. The number of nitrogens with two attached hydrogens (primary N) is 1. The van der Waals surface area contributed by atoms with Crippen LogP contribution >= 0.6 is 11.6 Å². The first-order valence-electron chi connectivity index (χ1n) is 5.33. The second kappa shape index (κ2) is 4.85. The van der Waals surface area contributed by atoms with Gasteiger partial charge in [-0.2, -0.15) is 0 Å². The van der Waals surface area contributed by atoms with Crippen molar-refractivity contribution in [2.45, 2.75) is 6.42 Å². The molecule has 0 aromatic heterocycles. The largest absolute Gasteiger partial charge is 0.397 e. The molecule has 0 saturated heterocycles. The van der Waals surface area contributed by atoms with Crippen LogP contribution in [0.15, 0.2) is 23.8 Å². The molecule has 1 aliphatic rings. The molecule has 0 saturated carbocycles. The number of hydrogen-bond donors (Lipinski definition) is 3. The first kappa shape index (κ1) is 12.1. The van der Waals surface area contributed by atoms with E-state index in [4.69, 9.17) is 22.7 Å². The molecule has 0 radical (unpaired) electrons. The van der Waals surface area contributed by atoms with Gasteiger partial charge in [-0.25, -0.2) is 4.39 Å². The first-order valence-corrected chi connectivity index (χ1v) is 5.71. The fourth-order valence-electron chi connectivity index (χ4n) is 1.79. The summed E-state index contributed by atoms with van der Waals surface area (Å²) in [6, 6.07) is 2.73. The van der Waals surface area contributed by atoms with E-state index in [0.717, 1.165) is 18.5 Å². The lowest BCUT2D eigenvalue weighted by molar-refractivity contribution is 0.629. The molecule has 1 heterocycles. The lowest BCUT2D eigenvalue weighted by Crippen LogP contribution is -2.26. The number of halogens is 2. The van der Waals surface area contributed by atoms with Crippen molar-refractivity contribution in [1.82, 2.24) is 5.32 Å². The molecule has 0 bridgehead atoms. The van der Waals surface area contributed by atoms with Gasteiger partial charge in [0.15, 0.2) is 0 Å². The predicted molar refractivity (Wildman–Crippen MR) is 68.2 cm³/mol. The molecule has 1 aromatic rings. The highest BCUT2D eigenvalue weighted by Gasteiger charge is 2.16. The molecule has 1 aromatic carbocycles. The Labute approximate surface area is 104 Å². The third-order valence-corrected chi connectivity index (χ3v) is 3.13. The van der Waals surface area contributed by atoms with Crippen LogP contribution in [0.4, 0.5) is 10.1 Å². The fourth-order valence-corrected chi connectivity index (χ4v) is 1.96. The van der Waals surface area contributed by atoms with Crippen LogP contribution in [0.5, 0.6) is 0 Å². The van der Waals surface area contributed by atoms with Gasteiger partial charge in [-0.15, -0.1) is 0 Å². The van der Waals surface area contributed by atoms with E-state index in [1.807, 2.05) is 6.08 Å². The number of benzene rings is 1. The average molecular weight is 254 g/mol. The molecule has 0 atom stereocenters. The fraction of sp³-hybridized carbons (Fsp3) is 0.250. The normalized spacial score (nSPS) is 15.5. The summed E-state index contributed by atoms with van der Waals surface area (Å²) in [7, 11) is 0. The molecule has 90 valence electrons. The molecule has 5 heteroatoms. The van der Waals surface area contributed by atoms with Crippen LogP contribution in [-0.4, -0.2) is 18.8 Å². The summed E-state index contributed by atoms with van der Waals surface area (Å²) >= 11 is 5.73. The molecule has 4 N–H and O–H groups in total. The zero-order valence-corrected chi connectivity index (χ0v) is 9.94. The number of anilines is 1. The van der Waals surface area contributed by atoms with Crippen LogP contribution in [0, 0.1) is 11.2 Å². The SMILES string of the molecule is N=C(C1=CCCNC1)c1ccc(F)c(Cl)c1N. The Morgan fingerprint density at radius 1 is 1.47 bits per heavy atom. The molecule has 2 rings (SSSR count). The average Bonchev–Trinajstić information content (AvgIpc) is 2.36. The molecule has 0 aliphatic carbocycles. The van der Waals surface area contributed by atoms with E-state index in [9.17, 15) is 4.39 Å². The van der Waals surface area contributed by atoms with Crippen LogP contribution in [0.2, 0.25) is 5.02 Å². The topological polar surface area (TPSA) is 61.9 Å². The summed E-state index contributed by atoms with van der Waals surface area (Å²) < 4.78 is 13.2. The number of nitrogens with one attached hydrogen (secondary N) is 2. The Hall–Kier alpha value is -1.39. The van der Waals surface area contributed by atoms with E-state index < -0.39 is 5.82 Å². The van der Waals surface area contributed by atoms with Gasteiger partial charge in [0.25, 0.3) is 0 Å². The first-order chi connectivity index (χ1) is 8.11. The Kier molecular flexibility index (Phi) is 3.45. The van der Waals surface area contributed by atoms with E-state index in [-0.39, 0.29) is 10.7 Å². The second-order valence-corrected chi connectivity index (χ2v) is 4.27. The Balaban J connectivity index is 2.37. The van der Waals surface area contributed by atoms with Gasteiger partial charge >= 0.3 is 0 Å². The highest BCUT2D eigenvalue weighted by atomic mass is 35.5. The van der Waals surface area contributed by atoms with Crippen molar-refractivity contribution in [3.63, 3.8) is 0 Å². The van der Waals surface area contributed by atoms with Gasteiger partial charge in [0.1, 0.15) is 5.82 Å². The van der Waals surface area contributed by atoms with E-state index in [1.165, 1.54) is 12.1 Å². The summed E-state index contributed by atoms with van der Waals surface area (Å²) in [6.45, 7) is 1.55. The second-order valence-electron chi connectivity index (χ2n) is 3.89. The zero-order chi connectivity index (χ0) is 12.4. The summed E-state index contributed by atoms with van der Waals surface area (Å²) in [5.74, 6) is -0.559. The molecule has 0 amide bonds. The van der Waals surface area contributed by atoms with Crippen LogP contribution in [0.1, 0.15) is 12.0 Å². The van der Waals surface area contributed by atoms with Crippen molar-refractivity contribution < 1.29 is 4.39 Å². The molecule has 3 nitrogen and oxygen atoms in total.